The highest BCUT2D eigenvalue weighted by atomic mass is 16.7. The van der Waals surface area contributed by atoms with Gasteiger partial charge in [0.1, 0.15) is 6.10 Å². The minimum Gasteiger partial charge on any atom is -0.461 e. The van der Waals surface area contributed by atoms with Gasteiger partial charge in [0.05, 0.1) is 17.7 Å². The molecule has 0 saturated carbocycles. The van der Waals surface area contributed by atoms with E-state index in [1.807, 2.05) is 0 Å². The van der Waals surface area contributed by atoms with Gasteiger partial charge in [0.2, 0.25) is 0 Å². The van der Waals surface area contributed by atoms with Gasteiger partial charge in [-0.2, -0.15) is 0 Å². The van der Waals surface area contributed by atoms with Gasteiger partial charge in [-0.3, -0.25) is 14.4 Å². The number of hydrogen-bond donors (Lipinski definition) is 1. The molecule has 1 aromatic carbocycles. The Morgan fingerprint density at radius 3 is 2.23 bits per heavy atom. The second kappa shape index (κ2) is 6.25. The van der Waals surface area contributed by atoms with E-state index in [9.17, 15) is 19.2 Å². The molecular formula is C14H14N2O6. The summed E-state index contributed by atoms with van der Waals surface area (Å²) in [6.07, 6.45) is -1.55. The Balaban J connectivity index is 1.92. The molecule has 0 spiro atoms. The van der Waals surface area contributed by atoms with Gasteiger partial charge in [0.25, 0.3) is 11.8 Å². The van der Waals surface area contributed by atoms with Crippen molar-refractivity contribution in [3.05, 3.63) is 35.4 Å². The van der Waals surface area contributed by atoms with Crippen LogP contribution in [0.15, 0.2) is 24.3 Å². The lowest BCUT2D eigenvalue weighted by atomic mass is 10.1. The van der Waals surface area contributed by atoms with E-state index in [-0.39, 0.29) is 17.7 Å². The SMILES string of the molecule is CC(=O)O[C@H](C)CNC(=O)ON1C(=O)c2ccccc2C1=O. The molecule has 1 atom stereocenters. The number of fused-ring (bicyclic) bond motifs is 1. The number of ether oxygens (including phenoxy) is 1. The molecule has 1 aliphatic rings. The Labute approximate surface area is 125 Å². The first-order valence-corrected chi connectivity index (χ1v) is 6.51. The van der Waals surface area contributed by atoms with Crippen molar-refractivity contribution >= 4 is 23.9 Å². The molecule has 0 aliphatic carbocycles. The highest BCUT2D eigenvalue weighted by molar-refractivity contribution is 6.20. The molecule has 3 amide bonds. The quantitative estimate of drug-likeness (QED) is 0.654. The molecule has 1 heterocycles. The van der Waals surface area contributed by atoms with Crippen LogP contribution in [-0.2, 0) is 14.4 Å². The Bertz CT molecular complexity index is 607. The number of imide groups is 1. The van der Waals surface area contributed by atoms with Crippen LogP contribution in [0.25, 0.3) is 0 Å². The number of nitrogens with zero attached hydrogens (tertiary/aromatic N) is 1. The van der Waals surface area contributed by atoms with Gasteiger partial charge in [-0.05, 0) is 19.1 Å². The van der Waals surface area contributed by atoms with Crippen LogP contribution < -0.4 is 5.32 Å². The fraction of sp³-hybridized carbons (Fsp3) is 0.286. The van der Waals surface area contributed by atoms with Gasteiger partial charge in [-0.15, -0.1) is 0 Å². The van der Waals surface area contributed by atoms with Crippen molar-refractivity contribution in [1.29, 1.82) is 0 Å². The van der Waals surface area contributed by atoms with E-state index in [1.54, 1.807) is 19.1 Å². The fourth-order valence-corrected chi connectivity index (χ4v) is 1.92. The largest absolute Gasteiger partial charge is 0.461 e. The standard InChI is InChI=1S/C14H14N2O6/c1-8(21-9(2)17)7-15-14(20)22-16-12(18)10-5-3-4-6-11(10)13(16)19/h3-6,8H,7H2,1-2H3,(H,15,20)/t8-/m1/s1. The Hall–Kier alpha value is -2.90. The zero-order chi connectivity index (χ0) is 16.3. The zero-order valence-corrected chi connectivity index (χ0v) is 12.0. The molecule has 0 aromatic heterocycles. The Morgan fingerprint density at radius 2 is 1.73 bits per heavy atom. The molecule has 0 unspecified atom stereocenters. The summed E-state index contributed by atoms with van der Waals surface area (Å²) in [4.78, 5) is 51.0. The third-order valence-electron chi connectivity index (χ3n) is 2.83. The summed E-state index contributed by atoms with van der Waals surface area (Å²) in [6, 6.07) is 6.15. The highest BCUT2D eigenvalue weighted by Gasteiger charge is 2.38. The first kappa shape index (κ1) is 15.5. The minimum atomic E-state index is -0.992. The average Bonchev–Trinajstić information content (AvgIpc) is 2.70. The predicted molar refractivity (Wildman–Crippen MR) is 72.7 cm³/mol. The Kier molecular flexibility index (Phi) is 4.40. The lowest BCUT2D eigenvalue weighted by molar-refractivity contribution is -0.145. The number of carbonyl (C=O) groups excluding carboxylic acids is 4. The number of nitrogens with one attached hydrogen (secondary N) is 1. The topological polar surface area (TPSA) is 102 Å². The lowest BCUT2D eigenvalue weighted by Crippen LogP contribution is -2.40. The van der Waals surface area contributed by atoms with E-state index in [0.29, 0.717) is 5.06 Å². The maximum Gasteiger partial charge on any atom is 0.432 e. The van der Waals surface area contributed by atoms with Crippen LogP contribution in [0, 0.1) is 0 Å². The molecule has 0 saturated heterocycles. The van der Waals surface area contributed by atoms with Gasteiger partial charge < -0.3 is 14.9 Å². The summed E-state index contributed by atoms with van der Waals surface area (Å²) >= 11 is 0. The highest BCUT2D eigenvalue weighted by Crippen LogP contribution is 2.22. The molecule has 0 fully saturated rings. The summed E-state index contributed by atoms with van der Waals surface area (Å²) in [5.41, 5.74) is 0.349. The van der Waals surface area contributed by atoms with Crippen LogP contribution in [0.3, 0.4) is 0 Å². The van der Waals surface area contributed by atoms with E-state index < -0.39 is 30.0 Å². The third kappa shape index (κ3) is 3.22. The number of amides is 3. The molecule has 8 heteroatoms. The van der Waals surface area contributed by atoms with Crippen molar-refractivity contribution in [2.75, 3.05) is 6.54 Å². The smallest absolute Gasteiger partial charge is 0.432 e. The molecule has 8 nitrogen and oxygen atoms in total. The van der Waals surface area contributed by atoms with Crippen molar-refractivity contribution in [2.45, 2.75) is 20.0 Å². The monoisotopic (exact) mass is 306 g/mol. The van der Waals surface area contributed by atoms with Crippen molar-refractivity contribution < 1.29 is 28.8 Å². The first-order valence-electron chi connectivity index (χ1n) is 6.51. The van der Waals surface area contributed by atoms with Crippen LogP contribution in [0.5, 0.6) is 0 Å². The summed E-state index contributed by atoms with van der Waals surface area (Å²) < 4.78 is 4.81. The molecule has 1 aromatic rings. The number of esters is 1. The second-order valence-electron chi connectivity index (χ2n) is 4.63. The molecular weight excluding hydrogens is 292 g/mol. The number of carbonyl (C=O) groups is 4. The number of hydroxylamine groups is 2. The summed E-state index contributed by atoms with van der Waals surface area (Å²) in [5.74, 6) is -1.89. The Morgan fingerprint density at radius 1 is 1.18 bits per heavy atom. The summed E-state index contributed by atoms with van der Waals surface area (Å²) in [6.45, 7) is 2.80. The van der Waals surface area contributed by atoms with Crippen molar-refractivity contribution in [2.24, 2.45) is 0 Å². The van der Waals surface area contributed by atoms with E-state index in [0.717, 1.165) is 0 Å². The fourth-order valence-electron chi connectivity index (χ4n) is 1.92. The average molecular weight is 306 g/mol. The van der Waals surface area contributed by atoms with E-state index in [2.05, 4.69) is 5.32 Å². The van der Waals surface area contributed by atoms with Crippen LogP contribution in [0.2, 0.25) is 0 Å². The third-order valence-corrected chi connectivity index (χ3v) is 2.83. The molecule has 22 heavy (non-hydrogen) atoms. The molecule has 0 bridgehead atoms. The van der Waals surface area contributed by atoms with Crippen molar-refractivity contribution in [3.63, 3.8) is 0 Å². The van der Waals surface area contributed by atoms with Crippen LogP contribution in [0.1, 0.15) is 34.6 Å². The normalized spacial score (nSPS) is 14.4. The van der Waals surface area contributed by atoms with Crippen LogP contribution >= 0.6 is 0 Å². The molecule has 0 radical (unpaired) electrons. The van der Waals surface area contributed by atoms with Crippen molar-refractivity contribution in [1.82, 2.24) is 10.4 Å². The van der Waals surface area contributed by atoms with Crippen molar-refractivity contribution in [3.8, 4) is 0 Å². The van der Waals surface area contributed by atoms with Gasteiger partial charge in [-0.25, -0.2) is 4.79 Å². The number of benzene rings is 1. The van der Waals surface area contributed by atoms with E-state index in [1.165, 1.54) is 19.1 Å². The minimum absolute atomic E-state index is 0.0123. The zero-order valence-electron chi connectivity index (χ0n) is 12.0. The van der Waals surface area contributed by atoms with Crippen LogP contribution in [0.4, 0.5) is 4.79 Å². The number of rotatable bonds is 4. The predicted octanol–water partition coefficient (Wildman–Crippen LogP) is 0.875. The van der Waals surface area contributed by atoms with Gasteiger partial charge in [-0.1, -0.05) is 17.2 Å². The van der Waals surface area contributed by atoms with Gasteiger partial charge in [0.15, 0.2) is 0 Å². The maximum absolute atomic E-state index is 12.0. The molecule has 2 rings (SSSR count). The molecule has 1 aliphatic heterocycles. The maximum atomic E-state index is 12.0. The number of hydrogen-bond acceptors (Lipinski definition) is 6. The van der Waals surface area contributed by atoms with Gasteiger partial charge >= 0.3 is 12.1 Å². The lowest BCUT2D eigenvalue weighted by Gasteiger charge is -2.15. The van der Waals surface area contributed by atoms with Gasteiger partial charge in [0, 0.05) is 6.92 Å². The summed E-state index contributed by atoms with van der Waals surface area (Å²) in [7, 11) is 0. The van der Waals surface area contributed by atoms with E-state index in [4.69, 9.17) is 9.57 Å². The molecule has 116 valence electrons. The van der Waals surface area contributed by atoms with Crippen LogP contribution in [-0.4, -0.2) is 41.6 Å². The second-order valence-corrected chi connectivity index (χ2v) is 4.63. The van der Waals surface area contributed by atoms with E-state index >= 15 is 0 Å². The summed E-state index contributed by atoms with van der Waals surface area (Å²) in [5, 5.41) is 2.70. The first-order chi connectivity index (χ1) is 10.4. The molecule has 1 N–H and O–H groups in total.